The van der Waals surface area contributed by atoms with Crippen LogP contribution in [0.15, 0.2) is 91.0 Å². The number of amides is 1. The highest BCUT2D eigenvalue weighted by atomic mass is 28.4. The van der Waals surface area contributed by atoms with Crippen LogP contribution >= 0.6 is 0 Å². The minimum absolute atomic E-state index is 0.0700. The molecule has 0 heterocycles. The summed E-state index contributed by atoms with van der Waals surface area (Å²) in [6, 6.07) is 29.9. The Labute approximate surface area is 223 Å². The van der Waals surface area contributed by atoms with Gasteiger partial charge in [-0.15, -0.1) is 0 Å². The first-order valence-electron chi connectivity index (χ1n) is 12.9. The number of benzene rings is 3. The molecule has 1 amide bonds. The molecule has 198 valence electrons. The van der Waals surface area contributed by atoms with E-state index in [2.05, 4.69) is 50.4 Å². The molecule has 0 aliphatic heterocycles. The summed E-state index contributed by atoms with van der Waals surface area (Å²) in [6.45, 7) is 12.1. The van der Waals surface area contributed by atoms with Gasteiger partial charge >= 0.3 is 6.09 Å². The van der Waals surface area contributed by atoms with Crippen LogP contribution in [0.4, 0.5) is 4.79 Å². The Balaban J connectivity index is 1.93. The molecular weight excluding hydrogens is 478 g/mol. The van der Waals surface area contributed by atoms with E-state index >= 15 is 0 Å². The Kier molecular flexibility index (Phi) is 9.34. The molecular formula is C31H41NO4Si. The summed E-state index contributed by atoms with van der Waals surface area (Å²) in [4.78, 5) is 12.7. The fourth-order valence-corrected chi connectivity index (χ4v) is 9.27. The van der Waals surface area contributed by atoms with Crippen molar-refractivity contribution in [2.75, 3.05) is 6.61 Å². The summed E-state index contributed by atoms with van der Waals surface area (Å²) in [5.41, 5.74) is 0.366. The maximum absolute atomic E-state index is 12.7. The highest BCUT2D eigenvalue weighted by Crippen LogP contribution is 2.37. The number of aliphatic hydroxyl groups is 1. The molecule has 6 heteroatoms. The summed E-state index contributed by atoms with van der Waals surface area (Å²) >= 11 is 0. The second kappa shape index (κ2) is 12.1. The van der Waals surface area contributed by atoms with Gasteiger partial charge < -0.3 is 19.6 Å². The summed E-state index contributed by atoms with van der Waals surface area (Å²) in [6.07, 6.45) is -1.06. The zero-order valence-corrected chi connectivity index (χ0v) is 23.9. The van der Waals surface area contributed by atoms with E-state index in [1.54, 1.807) is 0 Å². The molecule has 3 aromatic carbocycles. The lowest BCUT2D eigenvalue weighted by molar-refractivity contribution is 0.0338. The topological polar surface area (TPSA) is 67.8 Å². The molecule has 0 spiro atoms. The molecule has 0 aromatic heterocycles. The monoisotopic (exact) mass is 519 g/mol. The highest BCUT2D eigenvalue weighted by molar-refractivity contribution is 6.99. The van der Waals surface area contributed by atoms with Crippen LogP contribution in [0.2, 0.25) is 5.04 Å². The fourth-order valence-electron chi connectivity index (χ4n) is 4.70. The maximum Gasteiger partial charge on any atom is 0.407 e. The lowest BCUT2D eigenvalue weighted by Gasteiger charge is -2.43. The first-order valence-corrected chi connectivity index (χ1v) is 14.8. The van der Waals surface area contributed by atoms with Gasteiger partial charge in [0.1, 0.15) is 5.60 Å². The van der Waals surface area contributed by atoms with Crippen LogP contribution in [0.5, 0.6) is 0 Å². The number of rotatable bonds is 9. The Morgan fingerprint density at radius 3 is 1.70 bits per heavy atom. The van der Waals surface area contributed by atoms with Crippen molar-refractivity contribution in [3.63, 3.8) is 0 Å². The normalized spacial score (nSPS) is 14.0. The van der Waals surface area contributed by atoms with Gasteiger partial charge in [-0.2, -0.15) is 0 Å². The molecule has 0 saturated carbocycles. The van der Waals surface area contributed by atoms with E-state index in [1.165, 1.54) is 0 Å². The zero-order valence-electron chi connectivity index (χ0n) is 22.9. The Morgan fingerprint density at radius 1 is 0.811 bits per heavy atom. The van der Waals surface area contributed by atoms with Gasteiger partial charge in [0.15, 0.2) is 0 Å². The lowest BCUT2D eigenvalue weighted by atomic mass is 10.0. The summed E-state index contributed by atoms with van der Waals surface area (Å²) in [5.74, 6) is 0. The zero-order chi connectivity index (χ0) is 27.1. The van der Waals surface area contributed by atoms with Crippen molar-refractivity contribution >= 4 is 24.8 Å². The molecule has 0 bridgehead atoms. The molecule has 2 atom stereocenters. The molecule has 0 unspecified atom stereocenters. The van der Waals surface area contributed by atoms with Gasteiger partial charge in [0.05, 0.1) is 18.8 Å². The van der Waals surface area contributed by atoms with Crippen LogP contribution < -0.4 is 15.7 Å². The number of hydrogen-bond acceptors (Lipinski definition) is 4. The quantitative estimate of drug-likeness (QED) is 0.388. The van der Waals surface area contributed by atoms with E-state index in [9.17, 15) is 9.90 Å². The minimum atomic E-state index is -2.83. The first kappa shape index (κ1) is 28.6. The van der Waals surface area contributed by atoms with Crippen molar-refractivity contribution in [2.45, 2.75) is 70.7 Å². The SMILES string of the molecule is CC(C)(C)OC(=O)N[C@H](Cc1ccccc1)[C@@H](O)CO[Si](c1ccccc1)(c1ccccc1)C(C)(C)C. The third-order valence-electron chi connectivity index (χ3n) is 6.35. The van der Waals surface area contributed by atoms with Gasteiger partial charge in [0, 0.05) is 0 Å². The molecule has 5 nitrogen and oxygen atoms in total. The van der Waals surface area contributed by atoms with E-state index in [-0.39, 0.29) is 11.6 Å². The predicted octanol–water partition coefficient (Wildman–Crippen LogP) is 5.06. The minimum Gasteiger partial charge on any atom is -0.444 e. The van der Waals surface area contributed by atoms with Crippen molar-refractivity contribution < 1.29 is 19.1 Å². The third kappa shape index (κ3) is 7.54. The van der Waals surface area contributed by atoms with Gasteiger partial charge in [0.25, 0.3) is 8.32 Å². The highest BCUT2D eigenvalue weighted by Gasteiger charge is 2.50. The van der Waals surface area contributed by atoms with Gasteiger partial charge in [-0.1, -0.05) is 112 Å². The summed E-state index contributed by atoms with van der Waals surface area (Å²) < 4.78 is 12.4. The average Bonchev–Trinajstić information content (AvgIpc) is 2.84. The maximum atomic E-state index is 12.7. The second-order valence-corrected chi connectivity index (χ2v) is 15.8. The van der Waals surface area contributed by atoms with Gasteiger partial charge in [-0.25, -0.2) is 4.79 Å². The number of alkyl carbamates (subject to hydrolysis) is 1. The van der Waals surface area contributed by atoms with Crippen LogP contribution in [-0.4, -0.2) is 43.9 Å². The summed E-state index contributed by atoms with van der Waals surface area (Å²) in [5, 5.41) is 16.4. The van der Waals surface area contributed by atoms with Crippen LogP contribution in [0.25, 0.3) is 0 Å². The molecule has 0 fully saturated rings. The van der Waals surface area contributed by atoms with Crippen LogP contribution in [0, 0.1) is 0 Å². The molecule has 0 radical (unpaired) electrons. The molecule has 37 heavy (non-hydrogen) atoms. The van der Waals surface area contributed by atoms with Crippen molar-refractivity contribution in [3.05, 3.63) is 96.6 Å². The number of carbonyl (C=O) groups excluding carboxylic acids is 1. The molecule has 2 N–H and O–H groups in total. The van der Waals surface area contributed by atoms with Crippen molar-refractivity contribution in [1.29, 1.82) is 0 Å². The van der Waals surface area contributed by atoms with Crippen molar-refractivity contribution in [2.24, 2.45) is 0 Å². The third-order valence-corrected chi connectivity index (χ3v) is 11.4. The Bertz CT molecular complexity index is 1070. The molecule has 0 aliphatic rings. The van der Waals surface area contributed by atoms with Gasteiger partial charge in [-0.3, -0.25) is 0 Å². The van der Waals surface area contributed by atoms with Gasteiger partial charge in [0.2, 0.25) is 0 Å². The van der Waals surface area contributed by atoms with Gasteiger partial charge in [-0.05, 0) is 48.2 Å². The Hall–Kier alpha value is -2.93. The van der Waals surface area contributed by atoms with E-state index in [0.717, 1.165) is 15.9 Å². The smallest absolute Gasteiger partial charge is 0.407 e. The molecule has 3 rings (SSSR count). The van der Waals surface area contributed by atoms with Crippen LogP contribution in [-0.2, 0) is 15.6 Å². The van der Waals surface area contributed by atoms with E-state index in [0.29, 0.717) is 6.42 Å². The number of nitrogens with one attached hydrogen (secondary N) is 1. The van der Waals surface area contributed by atoms with Crippen LogP contribution in [0.3, 0.4) is 0 Å². The number of hydrogen-bond donors (Lipinski definition) is 2. The molecule has 0 saturated heterocycles. The predicted molar refractivity (Wildman–Crippen MR) is 153 cm³/mol. The first-order chi connectivity index (χ1) is 17.4. The number of carbonyl (C=O) groups is 1. The van der Waals surface area contributed by atoms with E-state index in [4.69, 9.17) is 9.16 Å². The largest absolute Gasteiger partial charge is 0.444 e. The standard InChI is InChI=1S/C31H41NO4Si/c1-30(2,3)36-29(34)32-27(22-24-16-10-7-11-17-24)28(33)23-35-37(31(4,5)6,25-18-12-8-13-19-25)26-20-14-9-15-21-26/h7-21,27-28,33H,22-23H2,1-6H3,(H,32,34)/t27-,28+/m1/s1. The fraction of sp³-hybridized carbons (Fsp3) is 0.387. The van der Waals surface area contributed by atoms with E-state index in [1.807, 2.05) is 87.5 Å². The van der Waals surface area contributed by atoms with Crippen molar-refractivity contribution in [3.8, 4) is 0 Å². The van der Waals surface area contributed by atoms with E-state index < -0.39 is 32.2 Å². The van der Waals surface area contributed by atoms with Crippen LogP contribution in [0.1, 0.15) is 47.1 Å². The second-order valence-electron chi connectivity index (χ2n) is 11.5. The van der Waals surface area contributed by atoms with Crippen molar-refractivity contribution in [1.82, 2.24) is 5.32 Å². The molecule has 0 aliphatic carbocycles. The number of aliphatic hydroxyl groups excluding tert-OH is 1. The average molecular weight is 520 g/mol. The Morgan fingerprint density at radius 2 is 1.27 bits per heavy atom. The summed E-state index contributed by atoms with van der Waals surface area (Å²) in [7, 11) is -2.83. The lowest BCUT2D eigenvalue weighted by Crippen LogP contribution is -2.67. The number of ether oxygens (including phenoxy) is 1. The molecule has 3 aromatic rings.